The molecule has 1 heterocycles. The van der Waals surface area contributed by atoms with Crippen molar-refractivity contribution in [2.45, 2.75) is 19.0 Å². The lowest BCUT2D eigenvalue weighted by Crippen LogP contribution is -1.96. The van der Waals surface area contributed by atoms with Gasteiger partial charge < -0.3 is 4.90 Å². The van der Waals surface area contributed by atoms with Gasteiger partial charge in [-0.15, -0.1) is 0 Å². The van der Waals surface area contributed by atoms with Gasteiger partial charge in [0, 0.05) is 17.8 Å². The van der Waals surface area contributed by atoms with Crippen LogP contribution in [-0.2, 0) is 0 Å². The molecule has 0 spiro atoms. The Labute approximate surface area is 111 Å². The maximum absolute atomic E-state index is 10.6. The van der Waals surface area contributed by atoms with E-state index in [9.17, 15) is 10.1 Å². The predicted octanol–water partition coefficient (Wildman–Crippen LogP) is 3.54. The van der Waals surface area contributed by atoms with Crippen LogP contribution >= 0.6 is 0 Å². The summed E-state index contributed by atoms with van der Waals surface area (Å²) in [7, 11) is 0. The molecule has 2 atom stereocenters. The fourth-order valence-electron chi connectivity index (χ4n) is 2.58. The molecule has 3 rings (SSSR count). The Balaban J connectivity index is 1.83. The van der Waals surface area contributed by atoms with Crippen molar-refractivity contribution in [2.24, 2.45) is 0 Å². The third kappa shape index (κ3) is 2.05. The topological polar surface area (TPSA) is 46.1 Å². The fourth-order valence-corrected chi connectivity index (χ4v) is 2.58. The van der Waals surface area contributed by atoms with Crippen LogP contribution in [0.4, 0.5) is 11.4 Å². The van der Waals surface area contributed by atoms with E-state index in [4.69, 9.17) is 0 Å². The lowest BCUT2D eigenvalue weighted by molar-refractivity contribution is -0.384. The van der Waals surface area contributed by atoms with Crippen LogP contribution in [0, 0.1) is 10.1 Å². The van der Waals surface area contributed by atoms with E-state index in [1.165, 1.54) is 5.56 Å². The Morgan fingerprint density at radius 2 is 1.68 bits per heavy atom. The summed E-state index contributed by atoms with van der Waals surface area (Å²) in [6.07, 6.45) is 0. The zero-order valence-corrected chi connectivity index (χ0v) is 10.6. The van der Waals surface area contributed by atoms with Gasteiger partial charge in [-0.3, -0.25) is 10.1 Å². The van der Waals surface area contributed by atoms with Crippen LogP contribution in [0.5, 0.6) is 0 Å². The number of rotatable bonds is 3. The van der Waals surface area contributed by atoms with E-state index in [-0.39, 0.29) is 10.6 Å². The number of nitro groups is 1. The molecule has 0 saturated carbocycles. The maximum Gasteiger partial charge on any atom is 0.269 e. The first-order valence-electron chi connectivity index (χ1n) is 6.26. The van der Waals surface area contributed by atoms with Gasteiger partial charge in [0.25, 0.3) is 5.69 Å². The third-order valence-corrected chi connectivity index (χ3v) is 3.61. The summed E-state index contributed by atoms with van der Waals surface area (Å²) >= 11 is 0. The summed E-state index contributed by atoms with van der Waals surface area (Å²) in [4.78, 5) is 12.5. The average molecular weight is 254 g/mol. The number of benzene rings is 2. The molecular formula is C15H14N2O2. The molecular weight excluding hydrogens is 240 g/mol. The van der Waals surface area contributed by atoms with Crippen molar-refractivity contribution in [2.75, 3.05) is 4.90 Å². The molecule has 1 fully saturated rings. The summed E-state index contributed by atoms with van der Waals surface area (Å²) in [6, 6.07) is 17.9. The minimum absolute atomic E-state index is 0.134. The minimum atomic E-state index is -0.371. The Morgan fingerprint density at radius 3 is 2.26 bits per heavy atom. The van der Waals surface area contributed by atoms with Crippen LogP contribution in [0.1, 0.15) is 18.5 Å². The molecule has 0 aromatic heterocycles. The van der Waals surface area contributed by atoms with Gasteiger partial charge in [-0.1, -0.05) is 30.3 Å². The standard InChI is InChI=1S/C15H14N2O2/c1-11-15(12-5-3-2-4-6-12)16(11)13-7-9-14(10-8-13)17(18)19/h2-11,15H,1H3/t11-,15+,16?/m0/s1. The summed E-state index contributed by atoms with van der Waals surface area (Å²) in [5.41, 5.74) is 2.45. The number of anilines is 1. The Hall–Kier alpha value is -2.36. The first-order valence-corrected chi connectivity index (χ1v) is 6.26. The van der Waals surface area contributed by atoms with Crippen LogP contribution in [0.3, 0.4) is 0 Å². The van der Waals surface area contributed by atoms with E-state index in [2.05, 4.69) is 24.0 Å². The highest BCUT2D eigenvalue weighted by molar-refractivity contribution is 5.60. The van der Waals surface area contributed by atoms with Crippen LogP contribution in [0.2, 0.25) is 0 Å². The zero-order valence-electron chi connectivity index (χ0n) is 10.6. The number of non-ortho nitro benzene ring substituents is 1. The van der Waals surface area contributed by atoms with Crippen LogP contribution in [0.15, 0.2) is 54.6 Å². The van der Waals surface area contributed by atoms with Gasteiger partial charge >= 0.3 is 0 Å². The molecule has 0 N–H and O–H groups in total. The molecule has 0 radical (unpaired) electrons. The normalized spacial score (nSPS) is 21.2. The van der Waals surface area contributed by atoms with Gasteiger partial charge in [-0.25, -0.2) is 0 Å². The molecule has 4 nitrogen and oxygen atoms in total. The minimum Gasteiger partial charge on any atom is -0.357 e. The molecule has 1 aliphatic rings. The van der Waals surface area contributed by atoms with E-state index in [0.717, 1.165) is 5.69 Å². The fraction of sp³-hybridized carbons (Fsp3) is 0.200. The summed E-state index contributed by atoms with van der Waals surface area (Å²) in [6.45, 7) is 2.17. The van der Waals surface area contributed by atoms with Crippen LogP contribution < -0.4 is 4.90 Å². The van der Waals surface area contributed by atoms with E-state index in [1.54, 1.807) is 12.1 Å². The van der Waals surface area contributed by atoms with E-state index < -0.39 is 0 Å². The van der Waals surface area contributed by atoms with Crippen LogP contribution in [0.25, 0.3) is 0 Å². The van der Waals surface area contributed by atoms with Gasteiger partial charge in [0.2, 0.25) is 0 Å². The smallest absolute Gasteiger partial charge is 0.269 e. The van der Waals surface area contributed by atoms with Crippen LogP contribution in [-0.4, -0.2) is 11.0 Å². The Kier molecular flexibility index (Phi) is 2.71. The summed E-state index contributed by atoms with van der Waals surface area (Å²) < 4.78 is 0. The third-order valence-electron chi connectivity index (χ3n) is 3.61. The molecule has 0 bridgehead atoms. The van der Waals surface area contributed by atoms with Crippen molar-refractivity contribution >= 4 is 11.4 Å². The Bertz CT molecular complexity index is 595. The Morgan fingerprint density at radius 1 is 1.05 bits per heavy atom. The highest BCUT2D eigenvalue weighted by Gasteiger charge is 2.44. The summed E-state index contributed by atoms with van der Waals surface area (Å²) in [5.74, 6) is 0. The molecule has 4 heteroatoms. The second-order valence-electron chi connectivity index (χ2n) is 4.78. The molecule has 1 aliphatic heterocycles. The first kappa shape index (κ1) is 11.7. The molecule has 1 saturated heterocycles. The lowest BCUT2D eigenvalue weighted by atomic mass is 10.1. The van der Waals surface area contributed by atoms with Gasteiger partial charge in [0.15, 0.2) is 0 Å². The number of hydrogen-bond donors (Lipinski definition) is 0. The predicted molar refractivity (Wildman–Crippen MR) is 74.2 cm³/mol. The number of nitrogens with zero attached hydrogens (tertiary/aromatic N) is 2. The highest BCUT2D eigenvalue weighted by Crippen LogP contribution is 2.46. The highest BCUT2D eigenvalue weighted by atomic mass is 16.6. The van der Waals surface area contributed by atoms with Crippen molar-refractivity contribution in [1.82, 2.24) is 0 Å². The van der Waals surface area contributed by atoms with Crippen molar-refractivity contribution in [3.8, 4) is 0 Å². The van der Waals surface area contributed by atoms with E-state index >= 15 is 0 Å². The second-order valence-corrected chi connectivity index (χ2v) is 4.78. The number of nitro benzene ring substituents is 1. The van der Waals surface area contributed by atoms with Crippen molar-refractivity contribution in [1.29, 1.82) is 0 Å². The molecule has 96 valence electrons. The lowest BCUT2D eigenvalue weighted by Gasteiger charge is -2.05. The van der Waals surface area contributed by atoms with Crippen molar-refractivity contribution < 1.29 is 4.92 Å². The van der Waals surface area contributed by atoms with Crippen molar-refractivity contribution in [3.05, 3.63) is 70.3 Å². The van der Waals surface area contributed by atoms with E-state index in [0.29, 0.717) is 12.1 Å². The van der Waals surface area contributed by atoms with Gasteiger partial charge in [-0.05, 0) is 24.6 Å². The molecule has 0 amide bonds. The molecule has 2 aromatic rings. The van der Waals surface area contributed by atoms with E-state index in [1.807, 2.05) is 30.3 Å². The van der Waals surface area contributed by atoms with Crippen molar-refractivity contribution in [3.63, 3.8) is 0 Å². The second kappa shape index (κ2) is 4.39. The first-order chi connectivity index (χ1) is 9.18. The average Bonchev–Trinajstić information content (AvgIpc) is 3.11. The van der Waals surface area contributed by atoms with Gasteiger partial charge in [0.05, 0.1) is 17.0 Å². The maximum atomic E-state index is 10.6. The van der Waals surface area contributed by atoms with Gasteiger partial charge in [0.1, 0.15) is 0 Å². The molecule has 0 unspecified atom stereocenters. The SMILES string of the molecule is C[C@H]1[C@H](c2ccccc2)N1c1ccc([N+](=O)[O-])cc1. The number of hydrogen-bond acceptors (Lipinski definition) is 3. The monoisotopic (exact) mass is 254 g/mol. The molecule has 19 heavy (non-hydrogen) atoms. The molecule has 2 aromatic carbocycles. The zero-order chi connectivity index (χ0) is 13.4. The van der Waals surface area contributed by atoms with Gasteiger partial charge in [-0.2, -0.15) is 0 Å². The largest absolute Gasteiger partial charge is 0.357 e. The summed E-state index contributed by atoms with van der Waals surface area (Å²) in [5, 5.41) is 10.6. The quantitative estimate of drug-likeness (QED) is 0.478. The molecule has 0 aliphatic carbocycles.